The molecular formula is C16H12ClF3N6O3S. The maximum Gasteiger partial charge on any atom is 0.501 e. The number of carbonyl (C=O) groups is 1. The fraction of sp³-hybridized carbons (Fsp3) is 0.188. The van der Waals surface area contributed by atoms with Crippen LogP contribution in [0, 0.1) is 0 Å². The summed E-state index contributed by atoms with van der Waals surface area (Å²) in [4.78, 5) is 23.4. The van der Waals surface area contributed by atoms with Crippen LogP contribution in [-0.2, 0) is 9.84 Å². The van der Waals surface area contributed by atoms with E-state index in [9.17, 15) is 26.4 Å². The summed E-state index contributed by atoms with van der Waals surface area (Å²) in [7, 11) is -5.68. The van der Waals surface area contributed by atoms with Gasteiger partial charge in [0.1, 0.15) is 6.33 Å². The summed E-state index contributed by atoms with van der Waals surface area (Å²) >= 11 is 5.74. The number of nitrogens with zero attached hydrogens (tertiary/aromatic N) is 5. The van der Waals surface area contributed by atoms with Gasteiger partial charge in [-0.1, -0.05) is 11.6 Å². The van der Waals surface area contributed by atoms with Crippen molar-refractivity contribution in [3.63, 3.8) is 0 Å². The van der Waals surface area contributed by atoms with Gasteiger partial charge in [0.25, 0.3) is 15.7 Å². The van der Waals surface area contributed by atoms with Crippen LogP contribution >= 0.6 is 11.6 Å². The second kappa shape index (κ2) is 7.99. The first-order valence-corrected chi connectivity index (χ1v) is 9.96. The van der Waals surface area contributed by atoms with Gasteiger partial charge in [-0.3, -0.25) is 9.78 Å². The first-order chi connectivity index (χ1) is 14.0. The van der Waals surface area contributed by atoms with Crippen LogP contribution in [-0.4, -0.2) is 44.6 Å². The zero-order chi connectivity index (χ0) is 22.1. The molecule has 3 rings (SSSR count). The second-order valence-electron chi connectivity index (χ2n) is 5.91. The molecule has 0 saturated carbocycles. The Kier molecular flexibility index (Phi) is 5.76. The number of hydrogen-bond acceptors (Lipinski definition) is 7. The number of benzene rings is 1. The molecule has 0 aliphatic rings. The molecule has 1 aromatic carbocycles. The average molecular weight is 461 g/mol. The minimum atomic E-state index is -5.68. The first kappa shape index (κ1) is 21.6. The Morgan fingerprint density at radius 3 is 2.57 bits per heavy atom. The van der Waals surface area contributed by atoms with Crippen molar-refractivity contribution in [3.8, 4) is 5.82 Å². The molecule has 1 atom stereocenters. The summed E-state index contributed by atoms with van der Waals surface area (Å²) in [5, 5.41) is 6.16. The van der Waals surface area contributed by atoms with Crippen LogP contribution in [0.4, 0.5) is 13.2 Å². The molecule has 158 valence electrons. The van der Waals surface area contributed by atoms with Crippen molar-refractivity contribution in [2.24, 2.45) is 0 Å². The molecule has 9 nitrogen and oxygen atoms in total. The lowest BCUT2D eigenvalue weighted by Crippen LogP contribution is -2.29. The Balaban J connectivity index is 1.88. The maximum atomic E-state index is 12.8. The third-order valence-corrected chi connectivity index (χ3v) is 5.51. The van der Waals surface area contributed by atoms with Crippen LogP contribution in [0.15, 0.2) is 48.0 Å². The Morgan fingerprint density at radius 2 is 1.93 bits per heavy atom. The summed E-state index contributed by atoms with van der Waals surface area (Å²) in [6.07, 6.45) is 5.52. The molecule has 1 N–H and O–H groups in total. The van der Waals surface area contributed by atoms with Crippen LogP contribution < -0.4 is 5.32 Å². The lowest BCUT2D eigenvalue weighted by atomic mass is 10.2. The molecule has 3 aromatic rings. The molecular weight excluding hydrogens is 449 g/mol. The first-order valence-electron chi connectivity index (χ1n) is 8.10. The quantitative estimate of drug-likeness (QED) is 0.621. The molecule has 0 spiro atoms. The molecule has 0 saturated heterocycles. The summed E-state index contributed by atoms with van der Waals surface area (Å²) in [6.45, 7) is 1.55. The van der Waals surface area contributed by atoms with Crippen molar-refractivity contribution in [3.05, 3.63) is 59.5 Å². The van der Waals surface area contributed by atoms with Crippen LogP contribution in [0.3, 0.4) is 0 Å². The predicted octanol–water partition coefficient (Wildman–Crippen LogP) is 2.50. The van der Waals surface area contributed by atoms with Crippen LogP contribution in [0.2, 0.25) is 5.02 Å². The van der Waals surface area contributed by atoms with E-state index in [0.717, 1.165) is 6.07 Å². The Labute approximate surface area is 172 Å². The van der Waals surface area contributed by atoms with E-state index >= 15 is 0 Å². The Bertz CT molecular complexity index is 1180. The number of sulfone groups is 1. The van der Waals surface area contributed by atoms with Crippen molar-refractivity contribution < 1.29 is 26.4 Å². The van der Waals surface area contributed by atoms with E-state index in [1.165, 1.54) is 29.6 Å². The summed E-state index contributed by atoms with van der Waals surface area (Å²) in [6, 6.07) is 1.50. The molecule has 1 amide bonds. The Hall–Kier alpha value is -3.06. The average Bonchev–Trinajstić information content (AvgIpc) is 3.17. The molecule has 2 aromatic heterocycles. The van der Waals surface area contributed by atoms with Crippen LogP contribution in [0.25, 0.3) is 5.82 Å². The summed E-state index contributed by atoms with van der Waals surface area (Å²) < 4.78 is 63.1. The van der Waals surface area contributed by atoms with Gasteiger partial charge in [-0.05, 0) is 25.1 Å². The third kappa shape index (κ3) is 4.26. The number of rotatable bonds is 5. The van der Waals surface area contributed by atoms with E-state index in [4.69, 9.17) is 11.6 Å². The van der Waals surface area contributed by atoms with Crippen molar-refractivity contribution in [2.45, 2.75) is 23.4 Å². The van der Waals surface area contributed by atoms with E-state index in [0.29, 0.717) is 18.0 Å². The van der Waals surface area contributed by atoms with Gasteiger partial charge in [0.15, 0.2) is 11.6 Å². The fourth-order valence-electron chi connectivity index (χ4n) is 2.45. The van der Waals surface area contributed by atoms with Gasteiger partial charge in [0, 0.05) is 23.0 Å². The van der Waals surface area contributed by atoms with Crippen LogP contribution in [0.1, 0.15) is 29.1 Å². The van der Waals surface area contributed by atoms with Crippen LogP contribution in [0.5, 0.6) is 0 Å². The predicted molar refractivity (Wildman–Crippen MR) is 97.5 cm³/mol. The fourth-order valence-corrected chi connectivity index (χ4v) is 3.58. The summed E-state index contributed by atoms with van der Waals surface area (Å²) in [5.41, 5.74) is -5.91. The Morgan fingerprint density at radius 1 is 1.20 bits per heavy atom. The standard InChI is InChI=1S/C16H12ClF3N6O3S/c1-9(14-23-8-24-26(14)13-7-21-2-3-22-13)25-15(27)10-4-11(17)6-12(5-10)30(28,29)16(18,19)20/h2-9H,1H3,(H,25,27)/t9-/m1/s1. The third-order valence-electron chi connectivity index (χ3n) is 3.82. The van der Waals surface area contributed by atoms with Gasteiger partial charge in [0.05, 0.1) is 17.1 Å². The van der Waals surface area contributed by atoms with E-state index in [1.807, 2.05) is 0 Å². The molecule has 2 heterocycles. The highest BCUT2D eigenvalue weighted by Gasteiger charge is 2.47. The zero-order valence-corrected chi connectivity index (χ0v) is 16.6. The highest BCUT2D eigenvalue weighted by molar-refractivity contribution is 7.92. The smallest absolute Gasteiger partial charge is 0.342 e. The minimum absolute atomic E-state index is 0.258. The monoisotopic (exact) mass is 460 g/mol. The highest BCUT2D eigenvalue weighted by Crippen LogP contribution is 2.32. The van der Waals surface area contributed by atoms with E-state index in [-0.39, 0.29) is 16.4 Å². The van der Waals surface area contributed by atoms with E-state index in [1.54, 1.807) is 6.92 Å². The highest BCUT2D eigenvalue weighted by atomic mass is 35.5. The summed E-state index contributed by atoms with van der Waals surface area (Å²) in [5.74, 6) is -0.279. The number of halogens is 4. The number of carbonyl (C=O) groups excluding carboxylic acids is 1. The molecule has 0 bridgehead atoms. The van der Waals surface area contributed by atoms with Gasteiger partial charge >= 0.3 is 5.51 Å². The molecule has 14 heteroatoms. The number of hydrogen-bond donors (Lipinski definition) is 1. The number of aromatic nitrogens is 5. The van der Waals surface area contributed by atoms with Crippen molar-refractivity contribution >= 4 is 27.3 Å². The number of amides is 1. The van der Waals surface area contributed by atoms with Gasteiger partial charge in [-0.25, -0.2) is 18.4 Å². The van der Waals surface area contributed by atoms with Gasteiger partial charge in [-0.15, -0.1) is 0 Å². The molecule has 0 fully saturated rings. The SMILES string of the molecule is C[C@@H](NC(=O)c1cc(Cl)cc(S(=O)(=O)C(F)(F)F)c1)c1ncnn1-c1cnccn1. The minimum Gasteiger partial charge on any atom is -0.342 e. The van der Waals surface area contributed by atoms with E-state index in [2.05, 4.69) is 25.4 Å². The largest absolute Gasteiger partial charge is 0.501 e. The second-order valence-corrected chi connectivity index (χ2v) is 8.29. The molecule has 0 radical (unpaired) electrons. The lowest BCUT2D eigenvalue weighted by Gasteiger charge is -2.15. The van der Waals surface area contributed by atoms with Crippen molar-refractivity contribution in [1.29, 1.82) is 0 Å². The molecule has 0 unspecified atom stereocenters. The van der Waals surface area contributed by atoms with E-state index < -0.39 is 32.2 Å². The topological polar surface area (TPSA) is 120 Å². The van der Waals surface area contributed by atoms with Gasteiger partial charge in [-0.2, -0.15) is 23.0 Å². The van der Waals surface area contributed by atoms with Gasteiger partial charge < -0.3 is 5.32 Å². The van der Waals surface area contributed by atoms with Gasteiger partial charge in [0.2, 0.25) is 0 Å². The maximum absolute atomic E-state index is 12.8. The number of alkyl halides is 3. The number of nitrogens with one attached hydrogen (secondary N) is 1. The lowest BCUT2D eigenvalue weighted by molar-refractivity contribution is -0.0436. The molecule has 0 aliphatic carbocycles. The zero-order valence-electron chi connectivity index (χ0n) is 15.0. The van der Waals surface area contributed by atoms with Crippen molar-refractivity contribution in [1.82, 2.24) is 30.0 Å². The normalized spacial score (nSPS) is 13.1. The molecule has 0 aliphatic heterocycles. The molecule has 30 heavy (non-hydrogen) atoms. The van der Waals surface area contributed by atoms with Crippen molar-refractivity contribution in [2.75, 3.05) is 0 Å².